The van der Waals surface area contributed by atoms with E-state index in [9.17, 15) is 10.1 Å². The lowest BCUT2D eigenvalue weighted by Gasteiger charge is -2.15. The van der Waals surface area contributed by atoms with Crippen molar-refractivity contribution in [1.82, 2.24) is 9.78 Å². The Morgan fingerprint density at radius 2 is 2.12 bits per heavy atom. The molecular formula is C17H21N3O3SSi. The van der Waals surface area contributed by atoms with E-state index in [0.717, 1.165) is 27.5 Å². The maximum absolute atomic E-state index is 11.1. The summed E-state index contributed by atoms with van der Waals surface area (Å²) in [4.78, 5) is 11.7. The van der Waals surface area contributed by atoms with E-state index >= 15 is 0 Å². The summed E-state index contributed by atoms with van der Waals surface area (Å²) in [5.74, 6) is 0. The summed E-state index contributed by atoms with van der Waals surface area (Å²) in [5, 5.41) is 18.5. The Morgan fingerprint density at radius 3 is 2.76 bits per heavy atom. The first kappa shape index (κ1) is 17.8. The number of nitro benzene ring substituents is 1. The number of benzene rings is 1. The zero-order valence-corrected chi connectivity index (χ0v) is 16.4. The van der Waals surface area contributed by atoms with Crippen molar-refractivity contribution in [1.29, 1.82) is 0 Å². The first-order chi connectivity index (χ1) is 11.8. The third-order valence-corrected chi connectivity index (χ3v) is 6.49. The van der Waals surface area contributed by atoms with Gasteiger partial charge in [0.05, 0.1) is 15.3 Å². The monoisotopic (exact) mass is 375 g/mol. The molecule has 0 amide bonds. The Morgan fingerprint density at radius 1 is 1.32 bits per heavy atom. The molecule has 0 spiro atoms. The summed E-state index contributed by atoms with van der Waals surface area (Å²) in [6, 6.07) is 9.87. The molecule has 132 valence electrons. The van der Waals surface area contributed by atoms with Crippen LogP contribution in [-0.2, 0) is 11.5 Å². The van der Waals surface area contributed by atoms with Gasteiger partial charge in [-0.15, -0.1) is 11.3 Å². The van der Waals surface area contributed by atoms with Crippen molar-refractivity contribution < 1.29 is 9.66 Å². The van der Waals surface area contributed by atoms with Crippen LogP contribution in [0.5, 0.6) is 0 Å². The number of nitro groups is 1. The van der Waals surface area contributed by atoms with E-state index in [1.165, 1.54) is 6.07 Å². The second-order valence-electron chi connectivity index (χ2n) is 7.13. The third kappa shape index (κ3) is 4.14. The summed E-state index contributed by atoms with van der Waals surface area (Å²) in [6.45, 7) is 8.00. The van der Waals surface area contributed by atoms with Crippen LogP contribution in [0, 0.1) is 10.1 Å². The Hall–Kier alpha value is -2.03. The van der Waals surface area contributed by atoms with Crippen LogP contribution in [0.4, 0.5) is 5.69 Å². The molecule has 2 heterocycles. The lowest BCUT2D eigenvalue weighted by atomic mass is 10.1. The van der Waals surface area contributed by atoms with Crippen LogP contribution in [0.1, 0.15) is 0 Å². The first-order valence-corrected chi connectivity index (χ1v) is 12.7. The minimum absolute atomic E-state index is 0.0736. The number of non-ortho nitro benzene ring substituents is 1. The van der Waals surface area contributed by atoms with Gasteiger partial charge in [-0.1, -0.05) is 25.7 Å². The first-order valence-electron chi connectivity index (χ1n) is 8.12. The minimum Gasteiger partial charge on any atom is -0.360 e. The second-order valence-corrected chi connectivity index (χ2v) is 13.7. The second kappa shape index (κ2) is 7.07. The van der Waals surface area contributed by atoms with Crippen molar-refractivity contribution in [3.05, 3.63) is 45.8 Å². The molecule has 0 fully saturated rings. The quantitative estimate of drug-likeness (QED) is 0.252. The van der Waals surface area contributed by atoms with Crippen molar-refractivity contribution in [2.45, 2.75) is 32.4 Å². The van der Waals surface area contributed by atoms with Crippen molar-refractivity contribution in [3.8, 4) is 10.6 Å². The smallest absolute Gasteiger partial charge is 0.270 e. The van der Waals surface area contributed by atoms with Gasteiger partial charge in [0.1, 0.15) is 12.4 Å². The van der Waals surface area contributed by atoms with Crippen molar-refractivity contribution in [3.63, 3.8) is 0 Å². The fourth-order valence-corrected chi connectivity index (χ4v) is 3.98. The number of nitrogens with zero attached hydrogens (tertiary/aromatic N) is 3. The van der Waals surface area contributed by atoms with Crippen LogP contribution in [0.3, 0.4) is 0 Å². The van der Waals surface area contributed by atoms with Gasteiger partial charge in [0, 0.05) is 32.2 Å². The molecule has 6 nitrogen and oxygen atoms in total. The topological polar surface area (TPSA) is 70.2 Å². The number of rotatable bonds is 7. The van der Waals surface area contributed by atoms with E-state index in [0.29, 0.717) is 13.3 Å². The molecule has 2 aromatic heterocycles. The third-order valence-electron chi connectivity index (χ3n) is 3.91. The molecule has 3 rings (SSSR count). The van der Waals surface area contributed by atoms with Crippen molar-refractivity contribution >= 4 is 36.0 Å². The van der Waals surface area contributed by atoms with Crippen LogP contribution < -0.4 is 0 Å². The number of hydrogen-bond acceptors (Lipinski definition) is 5. The van der Waals surface area contributed by atoms with Gasteiger partial charge in [0.25, 0.3) is 5.69 Å². The fraction of sp³-hybridized carbons (Fsp3) is 0.353. The van der Waals surface area contributed by atoms with Gasteiger partial charge in [-0.25, -0.2) is 4.68 Å². The van der Waals surface area contributed by atoms with Gasteiger partial charge < -0.3 is 4.74 Å². The maximum atomic E-state index is 11.1. The largest absolute Gasteiger partial charge is 0.360 e. The van der Waals surface area contributed by atoms with E-state index in [4.69, 9.17) is 4.74 Å². The molecule has 0 aliphatic carbocycles. The summed E-state index contributed by atoms with van der Waals surface area (Å²) in [6.07, 6.45) is 0. The molecular weight excluding hydrogens is 354 g/mol. The Bertz CT molecular complexity index is 885. The van der Waals surface area contributed by atoms with Crippen LogP contribution in [-0.4, -0.2) is 29.4 Å². The number of aromatic nitrogens is 2. The van der Waals surface area contributed by atoms with Crippen LogP contribution in [0.2, 0.25) is 25.7 Å². The molecule has 3 aromatic rings. The Kier molecular flexibility index (Phi) is 5.03. The van der Waals surface area contributed by atoms with Gasteiger partial charge in [0.2, 0.25) is 0 Å². The normalized spacial score (nSPS) is 12.0. The molecule has 0 radical (unpaired) electrons. The Labute approximate surface area is 151 Å². The van der Waals surface area contributed by atoms with E-state index < -0.39 is 8.07 Å². The fourth-order valence-electron chi connectivity index (χ4n) is 2.50. The van der Waals surface area contributed by atoms with E-state index in [1.54, 1.807) is 28.2 Å². The maximum Gasteiger partial charge on any atom is 0.270 e. The molecule has 25 heavy (non-hydrogen) atoms. The van der Waals surface area contributed by atoms with E-state index in [-0.39, 0.29) is 10.6 Å². The summed E-state index contributed by atoms with van der Waals surface area (Å²) < 4.78 is 7.61. The number of ether oxygens (including phenoxy) is 1. The SMILES string of the molecule is C[Si](C)(C)CCOCn1nc(-c2cccs2)c2cc([N+](=O)[O-])ccc21. The van der Waals surface area contributed by atoms with Gasteiger partial charge in [0.15, 0.2) is 0 Å². The predicted molar refractivity (Wildman–Crippen MR) is 104 cm³/mol. The molecule has 0 aliphatic heterocycles. The highest BCUT2D eigenvalue weighted by molar-refractivity contribution is 7.13. The standard InChI is InChI=1S/C17H21N3O3SSi/c1-25(2,3)10-8-23-12-19-15-7-6-13(20(21)22)11-14(15)17(18-19)16-5-4-9-24-16/h4-7,9,11H,8,10,12H2,1-3H3. The molecule has 0 unspecified atom stereocenters. The lowest BCUT2D eigenvalue weighted by Crippen LogP contribution is -2.22. The highest BCUT2D eigenvalue weighted by atomic mass is 32.1. The lowest BCUT2D eigenvalue weighted by molar-refractivity contribution is -0.384. The number of hydrogen-bond donors (Lipinski definition) is 0. The van der Waals surface area contributed by atoms with Crippen LogP contribution in [0.25, 0.3) is 21.5 Å². The van der Waals surface area contributed by atoms with Crippen molar-refractivity contribution in [2.75, 3.05) is 6.61 Å². The Balaban J connectivity index is 1.92. The molecule has 1 aromatic carbocycles. The molecule has 0 saturated heterocycles. The summed E-state index contributed by atoms with van der Waals surface area (Å²) in [7, 11) is -1.14. The molecule has 0 N–H and O–H groups in total. The molecule has 8 heteroatoms. The molecule has 0 saturated carbocycles. The zero-order valence-electron chi connectivity index (χ0n) is 14.6. The van der Waals surface area contributed by atoms with Crippen molar-refractivity contribution in [2.24, 2.45) is 0 Å². The highest BCUT2D eigenvalue weighted by Gasteiger charge is 2.17. The molecule has 0 bridgehead atoms. The minimum atomic E-state index is -1.14. The zero-order chi connectivity index (χ0) is 18.0. The molecule has 0 atom stereocenters. The summed E-state index contributed by atoms with van der Waals surface area (Å²) >= 11 is 1.57. The predicted octanol–water partition coefficient (Wildman–Crippen LogP) is 4.99. The average molecular weight is 376 g/mol. The van der Waals surface area contributed by atoms with Gasteiger partial charge in [-0.2, -0.15) is 5.10 Å². The number of fused-ring (bicyclic) bond motifs is 1. The van der Waals surface area contributed by atoms with Crippen LogP contribution >= 0.6 is 11.3 Å². The highest BCUT2D eigenvalue weighted by Crippen LogP contribution is 2.33. The molecule has 0 aliphatic rings. The summed E-state index contributed by atoms with van der Waals surface area (Å²) in [5.41, 5.74) is 1.69. The average Bonchev–Trinajstić information content (AvgIpc) is 3.17. The van der Waals surface area contributed by atoms with E-state index in [1.807, 2.05) is 17.5 Å². The number of thiophene rings is 1. The van der Waals surface area contributed by atoms with E-state index in [2.05, 4.69) is 24.7 Å². The van der Waals surface area contributed by atoms with Gasteiger partial charge in [-0.05, 0) is 23.6 Å². The van der Waals surface area contributed by atoms with Gasteiger partial charge >= 0.3 is 0 Å². The van der Waals surface area contributed by atoms with Gasteiger partial charge in [-0.3, -0.25) is 10.1 Å². The van der Waals surface area contributed by atoms with Crippen LogP contribution in [0.15, 0.2) is 35.7 Å².